The van der Waals surface area contributed by atoms with Crippen LogP contribution in [0.2, 0.25) is 0 Å². The Kier molecular flexibility index (Phi) is 6.81. The van der Waals surface area contributed by atoms with Crippen molar-refractivity contribution in [3.8, 4) is 0 Å². The predicted molar refractivity (Wildman–Crippen MR) is 44.0 cm³/mol. The van der Waals surface area contributed by atoms with Crippen molar-refractivity contribution in [1.82, 2.24) is 4.90 Å². The minimum Gasteiger partial charge on any atom is -0.448 e. The monoisotopic (exact) mass is 219 g/mol. The molecule has 1 aliphatic rings. The van der Waals surface area contributed by atoms with Crippen molar-refractivity contribution in [2.75, 3.05) is 13.0 Å². The number of piperidine rings is 1. The van der Waals surface area contributed by atoms with E-state index in [1.807, 2.05) is 6.92 Å². The van der Waals surface area contributed by atoms with E-state index in [2.05, 4.69) is 0 Å². The van der Waals surface area contributed by atoms with Crippen LogP contribution in [0.1, 0.15) is 26.2 Å². The van der Waals surface area contributed by atoms with Gasteiger partial charge < -0.3 is 17.8 Å². The standard InChI is InChI=1S/C7H14BF3N.K/c1-7-4-2-3-5-12(7)6-8(9,10)11;/h7H,2-6H2,1H3;/q-1;+1. The Morgan fingerprint density at radius 3 is 2.38 bits per heavy atom. The second kappa shape index (κ2) is 6.13. The fraction of sp³-hybridized carbons (Fsp3) is 1.00. The summed E-state index contributed by atoms with van der Waals surface area (Å²) in [5.74, 6) is 0. The molecule has 0 aromatic carbocycles. The van der Waals surface area contributed by atoms with Crippen LogP contribution in [0, 0.1) is 0 Å². The van der Waals surface area contributed by atoms with E-state index >= 15 is 0 Å². The van der Waals surface area contributed by atoms with Crippen molar-refractivity contribution in [2.24, 2.45) is 0 Å². The zero-order chi connectivity index (χ0) is 9.19. The summed E-state index contributed by atoms with van der Waals surface area (Å²) in [6.07, 6.45) is 2.21. The van der Waals surface area contributed by atoms with Gasteiger partial charge in [-0.05, 0) is 32.8 Å². The van der Waals surface area contributed by atoms with E-state index in [0.29, 0.717) is 6.54 Å². The van der Waals surface area contributed by atoms with Gasteiger partial charge in [0.15, 0.2) is 0 Å². The summed E-state index contributed by atoms with van der Waals surface area (Å²) in [5.41, 5.74) is 0. The van der Waals surface area contributed by atoms with Gasteiger partial charge in [0.05, 0.1) is 0 Å². The van der Waals surface area contributed by atoms with Crippen molar-refractivity contribution in [1.29, 1.82) is 0 Å². The molecular formula is C7H14BF3KN. The van der Waals surface area contributed by atoms with Gasteiger partial charge in [0, 0.05) is 6.04 Å². The summed E-state index contributed by atoms with van der Waals surface area (Å²) in [5, 5.41) is 0. The number of hydrogen-bond donors (Lipinski definition) is 0. The topological polar surface area (TPSA) is 3.24 Å². The molecule has 1 unspecified atom stereocenters. The van der Waals surface area contributed by atoms with Gasteiger partial charge in [0.25, 0.3) is 0 Å². The minimum absolute atomic E-state index is 0. The molecule has 0 N–H and O–H groups in total. The van der Waals surface area contributed by atoms with Gasteiger partial charge in [-0.2, -0.15) is 0 Å². The van der Waals surface area contributed by atoms with Crippen LogP contribution in [0.4, 0.5) is 12.9 Å². The summed E-state index contributed by atoms with van der Waals surface area (Å²) in [7, 11) is 0. The molecule has 0 bridgehead atoms. The molecule has 0 aromatic rings. The first-order valence-corrected chi connectivity index (χ1v) is 4.44. The maximum Gasteiger partial charge on any atom is 1.00 e. The first-order valence-electron chi connectivity index (χ1n) is 4.44. The molecule has 1 nitrogen and oxygen atoms in total. The molecule has 0 radical (unpaired) electrons. The summed E-state index contributed by atoms with van der Waals surface area (Å²) in [6, 6.07) is 0.113. The van der Waals surface area contributed by atoms with E-state index in [9.17, 15) is 12.9 Å². The molecule has 1 heterocycles. The maximum atomic E-state index is 12.0. The number of nitrogens with zero attached hydrogens (tertiary/aromatic N) is 1. The second-order valence-corrected chi connectivity index (χ2v) is 3.55. The van der Waals surface area contributed by atoms with E-state index in [-0.39, 0.29) is 57.4 Å². The molecule has 1 atom stereocenters. The third-order valence-corrected chi connectivity index (χ3v) is 2.38. The van der Waals surface area contributed by atoms with Gasteiger partial charge in [-0.3, -0.25) is 0 Å². The SMILES string of the molecule is CC1CCCCN1C[B-](F)(F)F.[K+]. The summed E-state index contributed by atoms with van der Waals surface area (Å²) < 4.78 is 36.1. The van der Waals surface area contributed by atoms with Crippen molar-refractivity contribution in [3.63, 3.8) is 0 Å². The Morgan fingerprint density at radius 2 is 1.92 bits per heavy atom. The normalized spacial score (nSPS) is 25.4. The molecule has 1 rings (SSSR count). The van der Waals surface area contributed by atoms with E-state index < -0.39 is 13.4 Å². The van der Waals surface area contributed by atoms with Gasteiger partial charge in [0.1, 0.15) is 0 Å². The van der Waals surface area contributed by atoms with E-state index in [4.69, 9.17) is 0 Å². The molecule has 0 aliphatic carbocycles. The number of hydrogen-bond acceptors (Lipinski definition) is 1. The van der Waals surface area contributed by atoms with Gasteiger partial charge in [-0.1, -0.05) is 6.42 Å². The van der Waals surface area contributed by atoms with Crippen LogP contribution < -0.4 is 51.4 Å². The van der Waals surface area contributed by atoms with Crippen LogP contribution in [0.15, 0.2) is 0 Å². The van der Waals surface area contributed by atoms with Crippen molar-refractivity contribution in [3.05, 3.63) is 0 Å². The van der Waals surface area contributed by atoms with E-state index in [1.165, 1.54) is 0 Å². The van der Waals surface area contributed by atoms with Crippen LogP contribution in [0.25, 0.3) is 0 Å². The fourth-order valence-corrected chi connectivity index (χ4v) is 1.69. The van der Waals surface area contributed by atoms with Crippen LogP contribution in [-0.4, -0.2) is 30.9 Å². The van der Waals surface area contributed by atoms with Gasteiger partial charge in [0.2, 0.25) is 0 Å². The van der Waals surface area contributed by atoms with Crippen LogP contribution >= 0.6 is 0 Å². The van der Waals surface area contributed by atoms with Crippen LogP contribution in [-0.2, 0) is 0 Å². The number of rotatable bonds is 2. The summed E-state index contributed by atoms with van der Waals surface area (Å²) in [4.78, 5) is 1.55. The first-order chi connectivity index (χ1) is 5.49. The molecule has 1 fully saturated rings. The van der Waals surface area contributed by atoms with Gasteiger partial charge >= 0.3 is 58.4 Å². The largest absolute Gasteiger partial charge is 1.00 e. The number of halogens is 3. The second-order valence-electron chi connectivity index (χ2n) is 3.55. The van der Waals surface area contributed by atoms with E-state index in [1.54, 1.807) is 4.90 Å². The first kappa shape index (κ1) is 14.5. The molecule has 0 amide bonds. The zero-order valence-electron chi connectivity index (χ0n) is 8.27. The molecular weight excluding hydrogens is 205 g/mol. The molecule has 0 saturated carbocycles. The molecule has 1 saturated heterocycles. The molecule has 0 aromatic heterocycles. The Morgan fingerprint density at radius 1 is 1.31 bits per heavy atom. The van der Waals surface area contributed by atoms with Crippen molar-refractivity contribution < 1.29 is 64.3 Å². The molecule has 0 spiro atoms. The van der Waals surface area contributed by atoms with Crippen molar-refractivity contribution >= 4 is 6.98 Å². The average molecular weight is 219 g/mol. The summed E-state index contributed by atoms with van der Waals surface area (Å²) >= 11 is 0. The average Bonchev–Trinajstić information content (AvgIpc) is 1.91. The third kappa shape index (κ3) is 5.79. The van der Waals surface area contributed by atoms with Gasteiger partial charge in [-0.15, -0.1) is 0 Å². The smallest absolute Gasteiger partial charge is 0.448 e. The van der Waals surface area contributed by atoms with Crippen LogP contribution in [0.5, 0.6) is 0 Å². The van der Waals surface area contributed by atoms with E-state index in [0.717, 1.165) is 19.3 Å². The molecule has 72 valence electrons. The molecule has 1 aliphatic heterocycles. The molecule has 6 heteroatoms. The Bertz CT molecular complexity index is 153. The Hall–Kier alpha value is 1.45. The van der Waals surface area contributed by atoms with Gasteiger partial charge in [-0.25, -0.2) is 0 Å². The van der Waals surface area contributed by atoms with Crippen LogP contribution in [0.3, 0.4) is 0 Å². The quantitative estimate of drug-likeness (QED) is 0.552. The molecule has 13 heavy (non-hydrogen) atoms. The number of likely N-dealkylation sites (tertiary alicyclic amines) is 1. The third-order valence-electron chi connectivity index (χ3n) is 2.38. The Labute approximate surface area is 120 Å². The minimum atomic E-state index is -4.63. The maximum absolute atomic E-state index is 12.0. The predicted octanol–water partition coefficient (Wildman–Crippen LogP) is -0.749. The summed E-state index contributed by atoms with van der Waals surface area (Å²) in [6.45, 7) is -2.14. The van der Waals surface area contributed by atoms with Crippen molar-refractivity contribution in [2.45, 2.75) is 32.2 Å². The fourth-order valence-electron chi connectivity index (χ4n) is 1.69. The Balaban J connectivity index is 0.00000144. The zero-order valence-corrected chi connectivity index (χ0v) is 11.4.